The van der Waals surface area contributed by atoms with Crippen LogP contribution in [-0.2, 0) is 11.2 Å². The Labute approximate surface area is 149 Å². The summed E-state index contributed by atoms with van der Waals surface area (Å²) in [6, 6.07) is 6.83. The van der Waals surface area contributed by atoms with Crippen molar-refractivity contribution in [2.45, 2.75) is 57.1 Å². The Bertz CT molecular complexity index is 741. The summed E-state index contributed by atoms with van der Waals surface area (Å²) in [6.07, 6.45) is 8.55. The molecule has 4 rings (SSSR count). The van der Waals surface area contributed by atoms with Gasteiger partial charge in [-0.25, -0.2) is 4.99 Å². The number of thiocarbonyl (C=S) groups is 1. The minimum atomic E-state index is 0.144. The summed E-state index contributed by atoms with van der Waals surface area (Å²) in [6.45, 7) is 0. The van der Waals surface area contributed by atoms with E-state index in [1.165, 1.54) is 24.0 Å². The number of hydrogen-bond acceptors (Lipinski definition) is 3. The first kappa shape index (κ1) is 16.0. The molecule has 0 bridgehead atoms. The van der Waals surface area contributed by atoms with Crippen LogP contribution in [0.15, 0.2) is 23.2 Å². The number of aliphatic imine (C=N–C) groups is 1. The molecular formula is C21H23NOS. The van der Waals surface area contributed by atoms with E-state index in [0.717, 1.165) is 37.7 Å². The van der Waals surface area contributed by atoms with Crippen molar-refractivity contribution in [2.24, 2.45) is 16.3 Å². The van der Waals surface area contributed by atoms with Crippen LogP contribution in [-0.4, -0.2) is 18.4 Å². The predicted molar refractivity (Wildman–Crippen MR) is 99.2 cm³/mol. The highest BCUT2D eigenvalue weighted by Crippen LogP contribution is 2.56. The summed E-state index contributed by atoms with van der Waals surface area (Å²) in [4.78, 5) is 4.62. The van der Waals surface area contributed by atoms with E-state index in [1.807, 2.05) is 7.11 Å². The monoisotopic (exact) mass is 337 g/mol. The summed E-state index contributed by atoms with van der Waals surface area (Å²) < 4.78 is 5.56. The smallest absolute Gasteiger partial charge is 0.0914 e. The number of fused-ring (bicyclic) bond motifs is 1. The molecule has 2 saturated carbocycles. The van der Waals surface area contributed by atoms with Crippen LogP contribution in [0.5, 0.6) is 0 Å². The molecule has 0 saturated heterocycles. The molecule has 3 heteroatoms. The molecular weight excluding hydrogens is 314 g/mol. The van der Waals surface area contributed by atoms with Crippen molar-refractivity contribution in [2.75, 3.05) is 7.11 Å². The average molecular weight is 337 g/mol. The van der Waals surface area contributed by atoms with Crippen LogP contribution < -0.4 is 0 Å². The summed E-state index contributed by atoms with van der Waals surface area (Å²) >= 11 is 4.97. The van der Waals surface area contributed by atoms with Gasteiger partial charge in [-0.3, -0.25) is 0 Å². The third-order valence-electron chi connectivity index (χ3n) is 6.00. The van der Waals surface area contributed by atoms with Crippen molar-refractivity contribution in [3.8, 4) is 11.8 Å². The third-order valence-corrected chi connectivity index (χ3v) is 6.11. The van der Waals surface area contributed by atoms with Gasteiger partial charge in [0.05, 0.1) is 17.3 Å². The Morgan fingerprint density at radius 1 is 1.21 bits per heavy atom. The number of ether oxygens (including phenoxy) is 1. The number of benzene rings is 1. The second-order valence-corrected chi connectivity index (χ2v) is 7.74. The topological polar surface area (TPSA) is 21.6 Å². The molecule has 1 spiro atoms. The fourth-order valence-electron chi connectivity index (χ4n) is 4.42. The minimum absolute atomic E-state index is 0.144. The largest absolute Gasteiger partial charge is 0.381 e. The summed E-state index contributed by atoms with van der Waals surface area (Å²) in [5.41, 5.74) is 4.06. The maximum atomic E-state index is 5.56. The highest BCUT2D eigenvalue weighted by molar-refractivity contribution is 7.78. The van der Waals surface area contributed by atoms with Crippen molar-refractivity contribution in [3.63, 3.8) is 0 Å². The van der Waals surface area contributed by atoms with E-state index in [9.17, 15) is 0 Å². The molecule has 24 heavy (non-hydrogen) atoms. The molecule has 3 aliphatic carbocycles. The van der Waals surface area contributed by atoms with Gasteiger partial charge >= 0.3 is 0 Å². The van der Waals surface area contributed by atoms with Gasteiger partial charge in [0, 0.05) is 24.0 Å². The Hall–Kier alpha value is -1.46. The fraction of sp³-hybridized carbons (Fsp3) is 0.571. The second kappa shape index (κ2) is 6.45. The quantitative estimate of drug-likeness (QED) is 0.442. The maximum absolute atomic E-state index is 5.56. The zero-order chi connectivity index (χ0) is 16.6. The highest BCUT2D eigenvalue weighted by Gasteiger charge is 2.48. The van der Waals surface area contributed by atoms with Crippen LogP contribution in [0.2, 0.25) is 0 Å². The third kappa shape index (κ3) is 2.95. The number of isothiocyanates is 1. The van der Waals surface area contributed by atoms with Crippen molar-refractivity contribution in [1.29, 1.82) is 0 Å². The lowest BCUT2D eigenvalue weighted by Gasteiger charge is -2.39. The van der Waals surface area contributed by atoms with Crippen LogP contribution in [0, 0.1) is 23.2 Å². The number of methoxy groups -OCH3 is 1. The standard InChI is InChI=1S/C21H23NOS/c1-23-18-8-10-21(11-9-18)13-17-7-6-16(5-4-15-2-3-15)12-19(17)20(21)22-14-24/h6-7,12,15,18,20H,2-3,8-11,13H2,1H3. The van der Waals surface area contributed by atoms with E-state index in [4.69, 9.17) is 17.0 Å². The van der Waals surface area contributed by atoms with Crippen molar-refractivity contribution >= 4 is 17.4 Å². The first-order valence-corrected chi connectivity index (χ1v) is 9.39. The average Bonchev–Trinajstić information content (AvgIpc) is 3.39. The Morgan fingerprint density at radius 2 is 2.00 bits per heavy atom. The van der Waals surface area contributed by atoms with Crippen LogP contribution in [0.4, 0.5) is 0 Å². The van der Waals surface area contributed by atoms with Crippen LogP contribution in [0.25, 0.3) is 0 Å². The summed E-state index contributed by atoms with van der Waals surface area (Å²) in [5.74, 6) is 7.34. The lowest BCUT2D eigenvalue weighted by Crippen LogP contribution is -2.33. The Kier molecular flexibility index (Phi) is 4.31. The van der Waals surface area contributed by atoms with E-state index >= 15 is 0 Å². The summed E-state index contributed by atoms with van der Waals surface area (Å²) in [5, 5.41) is 2.67. The zero-order valence-corrected chi connectivity index (χ0v) is 15.0. The van der Waals surface area contributed by atoms with E-state index in [1.54, 1.807) is 0 Å². The van der Waals surface area contributed by atoms with Crippen molar-refractivity contribution < 1.29 is 4.74 Å². The minimum Gasteiger partial charge on any atom is -0.381 e. The van der Waals surface area contributed by atoms with Crippen LogP contribution >= 0.6 is 12.2 Å². The SMILES string of the molecule is COC1CCC2(CC1)Cc1ccc(C#CC3CC3)cc1C2N=C=S. The lowest BCUT2D eigenvalue weighted by molar-refractivity contribution is 0.0212. The van der Waals surface area contributed by atoms with Gasteiger partial charge in [-0.2, -0.15) is 0 Å². The number of rotatable bonds is 2. The molecule has 1 atom stereocenters. The first-order valence-electron chi connectivity index (χ1n) is 8.98. The van der Waals surface area contributed by atoms with Crippen molar-refractivity contribution in [1.82, 2.24) is 0 Å². The molecule has 0 amide bonds. The number of nitrogens with zero attached hydrogens (tertiary/aromatic N) is 1. The molecule has 1 aromatic carbocycles. The first-order chi connectivity index (χ1) is 11.7. The maximum Gasteiger partial charge on any atom is 0.0914 e. The lowest BCUT2D eigenvalue weighted by atomic mass is 9.69. The molecule has 0 radical (unpaired) electrons. The van der Waals surface area contributed by atoms with E-state index < -0.39 is 0 Å². The Balaban J connectivity index is 1.65. The molecule has 0 aromatic heterocycles. The Morgan fingerprint density at radius 3 is 2.67 bits per heavy atom. The zero-order valence-electron chi connectivity index (χ0n) is 14.2. The van der Waals surface area contributed by atoms with E-state index in [2.05, 4.69) is 40.2 Å². The molecule has 1 aromatic rings. The normalized spacial score (nSPS) is 31.0. The molecule has 1 unspecified atom stereocenters. The fourth-order valence-corrected chi connectivity index (χ4v) is 4.52. The van der Waals surface area contributed by atoms with Gasteiger partial charge in [0.1, 0.15) is 0 Å². The van der Waals surface area contributed by atoms with Gasteiger partial charge in [-0.15, -0.1) is 0 Å². The molecule has 0 heterocycles. The van der Waals surface area contributed by atoms with Gasteiger partial charge in [0.2, 0.25) is 0 Å². The van der Waals surface area contributed by atoms with Crippen LogP contribution in [0.1, 0.15) is 61.3 Å². The molecule has 124 valence electrons. The van der Waals surface area contributed by atoms with Gasteiger partial charge in [-0.1, -0.05) is 17.9 Å². The predicted octanol–water partition coefficient (Wildman–Crippen LogP) is 4.72. The molecule has 2 fully saturated rings. The molecule has 0 aliphatic heterocycles. The molecule has 2 nitrogen and oxygen atoms in total. The van der Waals surface area contributed by atoms with Gasteiger partial charge in [-0.05, 0) is 80.4 Å². The van der Waals surface area contributed by atoms with Gasteiger partial charge in [0.15, 0.2) is 0 Å². The molecule has 0 N–H and O–H groups in total. The van der Waals surface area contributed by atoms with Crippen LogP contribution in [0.3, 0.4) is 0 Å². The van der Waals surface area contributed by atoms with Crippen molar-refractivity contribution in [3.05, 3.63) is 34.9 Å². The van der Waals surface area contributed by atoms with E-state index in [-0.39, 0.29) is 11.5 Å². The highest BCUT2D eigenvalue weighted by atomic mass is 32.1. The number of hydrogen-bond donors (Lipinski definition) is 0. The van der Waals surface area contributed by atoms with E-state index in [0.29, 0.717) is 12.0 Å². The van der Waals surface area contributed by atoms with Gasteiger partial charge in [0.25, 0.3) is 0 Å². The summed E-state index contributed by atoms with van der Waals surface area (Å²) in [7, 11) is 1.82. The van der Waals surface area contributed by atoms with Gasteiger partial charge < -0.3 is 4.74 Å². The second-order valence-electron chi connectivity index (χ2n) is 7.55. The molecule has 3 aliphatic rings.